The molecule has 3 aromatic rings. The number of rotatable bonds is 7. The average Bonchev–Trinajstić information content (AvgIpc) is 3.23. The van der Waals surface area contributed by atoms with Gasteiger partial charge in [0.05, 0.1) is 18.3 Å². The number of carbonyl (C=O) groups is 1. The van der Waals surface area contributed by atoms with E-state index in [2.05, 4.69) is 15.4 Å². The third-order valence-corrected chi connectivity index (χ3v) is 4.05. The van der Waals surface area contributed by atoms with Gasteiger partial charge < -0.3 is 10.1 Å². The molecule has 1 amide bonds. The molecule has 6 nitrogen and oxygen atoms in total. The number of carbonyl (C=O) groups excluding carboxylic acids is 1. The van der Waals surface area contributed by atoms with Crippen molar-refractivity contribution in [3.8, 4) is 11.4 Å². The van der Waals surface area contributed by atoms with Crippen molar-refractivity contribution in [3.05, 3.63) is 78.4 Å². The minimum absolute atomic E-state index is 0.104. The lowest BCUT2D eigenvalue weighted by Gasteiger charge is -2.13. The van der Waals surface area contributed by atoms with Crippen molar-refractivity contribution < 1.29 is 9.53 Å². The Bertz CT molecular complexity index is 885. The summed E-state index contributed by atoms with van der Waals surface area (Å²) in [6, 6.07) is 15.3. The summed E-state index contributed by atoms with van der Waals surface area (Å²) in [7, 11) is 0. The van der Waals surface area contributed by atoms with Crippen molar-refractivity contribution in [2.24, 2.45) is 0 Å². The van der Waals surface area contributed by atoms with Gasteiger partial charge >= 0.3 is 0 Å². The first kappa shape index (κ1) is 18.4. The van der Waals surface area contributed by atoms with Crippen molar-refractivity contribution in [1.82, 2.24) is 20.1 Å². The van der Waals surface area contributed by atoms with Crippen LogP contribution in [0.5, 0.6) is 5.75 Å². The van der Waals surface area contributed by atoms with Gasteiger partial charge in [0, 0.05) is 6.08 Å². The second-order valence-electron chi connectivity index (χ2n) is 6.00. The summed E-state index contributed by atoms with van der Waals surface area (Å²) in [5.74, 6) is 0.679. The summed E-state index contributed by atoms with van der Waals surface area (Å²) in [5, 5.41) is 7.06. The topological polar surface area (TPSA) is 69.0 Å². The predicted octanol–water partition coefficient (Wildman–Crippen LogP) is 3.56. The van der Waals surface area contributed by atoms with Gasteiger partial charge in [-0.3, -0.25) is 4.79 Å². The number of aromatic nitrogens is 3. The van der Waals surface area contributed by atoms with E-state index in [1.54, 1.807) is 17.1 Å². The van der Waals surface area contributed by atoms with E-state index in [1.165, 1.54) is 12.4 Å². The quantitative estimate of drug-likeness (QED) is 0.653. The molecule has 1 aromatic heterocycles. The SMILES string of the molecule is CCOc1ccc(/C=C/C(=O)NC(C)c2ccc(-n3cncn3)cc2)cc1. The second-order valence-corrected chi connectivity index (χ2v) is 6.00. The van der Waals surface area contributed by atoms with Gasteiger partial charge in [-0.25, -0.2) is 9.67 Å². The highest BCUT2D eigenvalue weighted by atomic mass is 16.5. The molecule has 1 heterocycles. The fourth-order valence-corrected chi connectivity index (χ4v) is 2.62. The maximum Gasteiger partial charge on any atom is 0.244 e. The zero-order valence-electron chi connectivity index (χ0n) is 15.4. The van der Waals surface area contributed by atoms with Crippen LogP contribution in [0.3, 0.4) is 0 Å². The molecule has 0 aliphatic rings. The molecule has 0 fully saturated rings. The predicted molar refractivity (Wildman–Crippen MR) is 105 cm³/mol. The molecule has 0 radical (unpaired) electrons. The molecule has 2 aromatic carbocycles. The van der Waals surface area contributed by atoms with Crippen LogP contribution in [0.25, 0.3) is 11.8 Å². The zero-order valence-corrected chi connectivity index (χ0v) is 15.4. The van der Waals surface area contributed by atoms with Crippen molar-refractivity contribution in [3.63, 3.8) is 0 Å². The van der Waals surface area contributed by atoms with Crippen LogP contribution in [-0.2, 0) is 4.79 Å². The standard InChI is InChI=1S/C21H22N4O2/c1-3-27-20-11-4-17(5-12-20)6-13-21(26)24-16(2)18-7-9-19(10-8-18)25-15-22-14-23-25/h4-16H,3H2,1-2H3,(H,24,26)/b13-6+. The molecule has 6 heteroatoms. The van der Waals surface area contributed by atoms with E-state index in [0.717, 1.165) is 22.6 Å². The molecule has 1 unspecified atom stereocenters. The van der Waals surface area contributed by atoms with Crippen LogP contribution in [0, 0.1) is 0 Å². The van der Waals surface area contributed by atoms with Crippen LogP contribution in [0.1, 0.15) is 31.0 Å². The van der Waals surface area contributed by atoms with E-state index in [9.17, 15) is 4.79 Å². The molecule has 0 aliphatic heterocycles. The minimum atomic E-state index is -0.142. The fourth-order valence-electron chi connectivity index (χ4n) is 2.62. The molecule has 0 saturated heterocycles. The van der Waals surface area contributed by atoms with Crippen molar-refractivity contribution >= 4 is 12.0 Å². The Labute approximate surface area is 158 Å². The van der Waals surface area contributed by atoms with Crippen LogP contribution in [0.4, 0.5) is 0 Å². The molecular weight excluding hydrogens is 340 g/mol. The first-order valence-corrected chi connectivity index (χ1v) is 8.82. The monoisotopic (exact) mass is 362 g/mol. The molecule has 0 saturated carbocycles. The Balaban J connectivity index is 1.56. The molecular formula is C21H22N4O2. The van der Waals surface area contributed by atoms with Crippen molar-refractivity contribution in [2.75, 3.05) is 6.61 Å². The van der Waals surface area contributed by atoms with Crippen LogP contribution >= 0.6 is 0 Å². The molecule has 0 spiro atoms. The Kier molecular flexibility index (Phi) is 5.99. The molecule has 138 valence electrons. The van der Waals surface area contributed by atoms with Gasteiger partial charge in [0.15, 0.2) is 0 Å². The van der Waals surface area contributed by atoms with E-state index in [1.807, 2.05) is 62.4 Å². The normalized spacial score (nSPS) is 12.1. The van der Waals surface area contributed by atoms with Crippen LogP contribution in [-0.4, -0.2) is 27.3 Å². The van der Waals surface area contributed by atoms with Gasteiger partial charge in [0.2, 0.25) is 5.91 Å². The molecule has 0 bridgehead atoms. The number of hydrogen-bond donors (Lipinski definition) is 1. The Morgan fingerprint density at radius 3 is 2.56 bits per heavy atom. The highest BCUT2D eigenvalue weighted by Gasteiger charge is 2.08. The zero-order chi connectivity index (χ0) is 19.1. The molecule has 3 rings (SSSR count). The van der Waals surface area contributed by atoms with Gasteiger partial charge in [-0.1, -0.05) is 24.3 Å². The van der Waals surface area contributed by atoms with Gasteiger partial charge in [0.1, 0.15) is 18.4 Å². The number of amides is 1. The first-order valence-electron chi connectivity index (χ1n) is 8.82. The maximum absolute atomic E-state index is 12.2. The van der Waals surface area contributed by atoms with Crippen molar-refractivity contribution in [1.29, 1.82) is 0 Å². The minimum Gasteiger partial charge on any atom is -0.494 e. The number of hydrogen-bond acceptors (Lipinski definition) is 4. The lowest BCUT2D eigenvalue weighted by molar-refractivity contribution is -0.117. The highest BCUT2D eigenvalue weighted by molar-refractivity contribution is 5.92. The van der Waals surface area contributed by atoms with Crippen LogP contribution < -0.4 is 10.1 Å². The summed E-state index contributed by atoms with van der Waals surface area (Å²) in [4.78, 5) is 16.1. The first-order chi connectivity index (χ1) is 13.2. The molecule has 27 heavy (non-hydrogen) atoms. The largest absolute Gasteiger partial charge is 0.494 e. The second kappa shape index (κ2) is 8.80. The van der Waals surface area contributed by atoms with Gasteiger partial charge in [-0.15, -0.1) is 0 Å². The molecule has 0 aliphatic carbocycles. The van der Waals surface area contributed by atoms with E-state index in [4.69, 9.17) is 4.74 Å². The van der Waals surface area contributed by atoms with Crippen LogP contribution in [0.15, 0.2) is 67.3 Å². The number of ether oxygens (including phenoxy) is 1. The third-order valence-electron chi connectivity index (χ3n) is 4.05. The van der Waals surface area contributed by atoms with Gasteiger partial charge in [-0.05, 0) is 55.3 Å². The maximum atomic E-state index is 12.2. The fraction of sp³-hybridized carbons (Fsp3) is 0.190. The van der Waals surface area contributed by atoms with Crippen molar-refractivity contribution in [2.45, 2.75) is 19.9 Å². The summed E-state index contributed by atoms with van der Waals surface area (Å²) in [6.07, 6.45) is 6.46. The Morgan fingerprint density at radius 1 is 1.19 bits per heavy atom. The van der Waals surface area contributed by atoms with Crippen LogP contribution in [0.2, 0.25) is 0 Å². The number of benzene rings is 2. The average molecular weight is 362 g/mol. The van der Waals surface area contributed by atoms with E-state index in [0.29, 0.717) is 6.61 Å². The van der Waals surface area contributed by atoms with E-state index in [-0.39, 0.29) is 11.9 Å². The van der Waals surface area contributed by atoms with E-state index >= 15 is 0 Å². The lowest BCUT2D eigenvalue weighted by Crippen LogP contribution is -2.24. The van der Waals surface area contributed by atoms with E-state index < -0.39 is 0 Å². The molecule has 1 atom stereocenters. The Morgan fingerprint density at radius 2 is 1.93 bits per heavy atom. The van der Waals surface area contributed by atoms with Gasteiger partial charge in [-0.2, -0.15) is 5.10 Å². The van der Waals surface area contributed by atoms with Gasteiger partial charge in [0.25, 0.3) is 0 Å². The number of nitrogens with zero attached hydrogens (tertiary/aromatic N) is 3. The summed E-state index contributed by atoms with van der Waals surface area (Å²) < 4.78 is 7.09. The smallest absolute Gasteiger partial charge is 0.244 e. The molecule has 1 N–H and O–H groups in total. The summed E-state index contributed by atoms with van der Waals surface area (Å²) in [6.45, 7) is 4.53. The highest BCUT2D eigenvalue weighted by Crippen LogP contribution is 2.16. The summed E-state index contributed by atoms with van der Waals surface area (Å²) >= 11 is 0. The number of nitrogens with one attached hydrogen (secondary N) is 1. The Hall–Kier alpha value is -3.41. The third kappa shape index (κ3) is 5.04. The lowest BCUT2D eigenvalue weighted by atomic mass is 10.1. The summed E-state index contributed by atoms with van der Waals surface area (Å²) in [5.41, 5.74) is 2.88.